The van der Waals surface area contributed by atoms with Crippen LogP contribution >= 0.6 is 0 Å². The maximum atomic E-state index is 14.5. The molecule has 7 nitrogen and oxygen atoms in total. The fourth-order valence-electron chi connectivity index (χ4n) is 5.58. The quantitative estimate of drug-likeness (QED) is 0.267. The number of ether oxygens (including phenoxy) is 2. The number of para-hydroxylation sites is 2. The number of methoxy groups -OCH3 is 1. The van der Waals surface area contributed by atoms with Crippen molar-refractivity contribution in [1.82, 2.24) is 15.5 Å². The number of aliphatic hydroxyl groups is 1. The molecule has 3 rings (SSSR count). The summed E-state index contributed by atoms with van der Waals surface area (Å²) >= 11 is 0. The van der Waals surface area contributed by atoms with Crippen molar-refractivity contribution in [3.63, 3.8) is 0 Å². The van der Waals surface area contributed by atoms with Crippen LogP contribution in [0, 0.1) is 17.7 Å². The number of nitrogens with one attached hydrogen (secondary N) is 2. The van der Waals surface area contributed by atoms with Crippen LogP contribution in [-0.4, -0.2) is 62.5 Å². The molecular formula is C31H46FN3O4. The molecule has 0 unspecified atom stereocenters. The van der Waals surface area contributed by atoms with E-state index in [0.717, 1.165) is 32.1 Å². The monoisotopic (exact) mass is 543 g/mol. The maximum absolute atomic E-state index is 14.5. The Balaban J connectivity index is 1.87. The number of likely N-dealkylation sites (N-methyl/N-ethyl adjacent to an activating group) is 1. The van der Waals surface area contributed by atoms with Gasteiger partial charge in [0.15, 0.2) is 11.6 Å². The summed E-state index contributed by atoms with van der Waals surface area (Å²) < 4.78 is 25.7. The molecule has 1 aliphatic rings. The molecule has 2 aromatic rings. The van der Waals surface area contributed by atoms with Gasteiger partial charge in [0.05, 0.1) is 5.60 Å². The zero-order valence-electron chi connectivity index (χ0n) is 23.9. The number of benzene rings is 2. The first-order chi connectivity index (χ1) is 18.8. The van der Waals surface area contributed by atoms with Crippen molar-refractivity contribution in [1.29, 1.82) is 0 Å². The Labute approximate surface area is 233 Å². The number of hydrogen-bond donors (Lipinski definition) is 3. The van der Waals surface area contributed by atoms with Crippen molar-refractivity contribution in [2.24, 2.45) is 11.8 Å². The number of halogens is 1. The first kappa shape index (κ1) is 30.9. The second-order valence-corrected chi connectivity index (χ2v) is 11.0. The van der Waals surface area contributed by atoms with Gasteiger partial charge in [-0.3, -0.25) is 0 Å². The number of nitrogens with zero attached hydrogens (tertiary/aromatic N) is 1. The molecule has 1 saturated heterocycles. The number of likely N-dealkylation sites (tertiary alicyclic amines) is 1. The highest BCUT2D eigenvalue weighted by Gasteiger charge is 2.43. The Morgan fingerprint density at radius 2 is 1.87 bits per heavy atom. The third-order valence-electron chi connectivity index (χ3n) is 7.48. The van der Waals surface area contributed by atoms with Gasteiger partial charge in [0.1, 0.15) is 5.75 Å². The van der Waals surface area contributed by atoms with E-state index in [1.807, 2.05) is 30.1 Å². The zero-order valence-corrected chi connectivity index (χ0v) is 23.9. The van der Waals surface area contributed by atoms with E-state index in [4.69, 9.17) is 9.47 Å². The summed E-state index contributed by atoms with van der Waals surface area (Å²) in [6.45, 7) is 6.67. The molecule has 2 aromatic carbocycles. The topological polar surface area (TPSA) is 83.1 Å². The third-order valence-corrected chi connectivity index (χ3v) is 7.48. The van der Waals surface area contributed by atoms with Gasteiger partial charge < -0.3 is 30.1 Å². The molecule has 216 valence electrons. The molecule has 39 heavy (non-hydrogen) atoms. The van der Waals surface area contributed by atoms with E-state index in [2.05, 4.69) is 24.5 Å². The molecule has 0 saturated carbocycles. The second kappa shape index (κ2) is 15.2. The van der Waals surface area contributed by atoms with Crippen molar-refractivity contribution in [2.45, 2.75) is 64.0 Å². The van der Waals surface area contributed by atoms with E-state index >= 15 is 0 Å². The number of rotatable bonds is 14. The van der Waals surface area contributed by atoms with Crippen molar-refractivity contribution in [2.75, 3.05) is 40.4 Å². The van der Waals surface area contributed by atoms with Gasteiger partial charge in [0.25, 0.3) is 0 Å². The molecule has 0 aliphatic carbocycles. The molecule has 0 aromatic heterocycles. The Morgan fingerprint density at radius 3 is 2.56 bits per heavy atom. The number of carbonyl (C=O) groups excluding carboxylic acids is 1. The van der Waals surface area contributed by atoms with E-state index in [9.17, 15) is 14.3 Å². The Morgan fingerprint density at radius 1 is 1.15 bits per heavy atom. The molecule has 1 fully saturated rings. The van der Waals surface area contributed by atoms with Crippen molar-refractivity contribution in [3.05, 3.63) is 59.9 Å². The summed E-state index contributed by atoms with van der Waals surface area (Å²) in [5.41, 5.74) is -0.651. The lowest BCUT2D eigenvalue weighted by Crippen LogP contribution is -2.54. The van der Waals surface area contributed by atoms with Gasteiger partial charge in [-0.15, -0.1) is 0 Å². The third kappa shape index (κ3) is 8.65. The number of unbranched alkanes of at least 4 members (excludes halogenated alkanes) is 1. The molecule has 1 aliphatic heterocycles. The standard InChI is InChI=1S/C31H46FN3O4/c1-23(2)20-25(21-33-3)34-30(36)35-18-11-12-24(22-35)31(37,17-9-10-19-38-4)26-13-5-7-15-28(26)39-29-16-8-6-14-27(29)32/h5-8,13-16,23-25,33,37H,9-12,17-22H2,1-4H3,(H,34,36)/t24-,25+,31-/m1/s1. The number of urea groups is 1. The molecule has 3 N–H and O–H groups in total. The predicted molar refractivity (Wildman–Crippen MR) is 153 cm³/mol. The van der Waals surface area contributed by atoms with Crippen LogP contribution in [0.4, 0.5) is 9.18 Å². The molecule has 0 radical (unpaired) electrons. The van der Waals surface area contributed by atoms with E-state index in [1.54, 1.807) is 31.4 Å². The second-order valence-electron chi connectivity index (χ2n) is 11.0. The van der Waals surface area contributed by atoms with Gasteiger partial charge in [-0.2, -0.15) is 0 Å². The van der Waals surface area contributed by atoms with Crippen molar-refractivity contribution < 1.29 is 23.8 Å². The lowest BCUT2D eigenvalue weighted by molar-refractivity contribution is -0.0575. The number of piperidine rings is 1. The van der Waals surface area contributed by atoms with Crippen molar-refractivity contribution in [3.8, 4) is 11.5 Å². The summed E-state index contributed by atoms with van der Waals surface area (Å²) in [4.78, 5) is 15.2. The summed E-state index contributed by atoms with van der Waals surface area (Å²) in [6.07, 6.45) is 4.45. The first-order valence-electron chi connectivity index (χ1n) is 14.2. The Hall–Kier alpha value is -2.68. The van der Waals surface area contributed by atoms with Crippen LogP contribution < -0.4 is 15.4 Å². The van der Waals surface area contributed by atoms with E-state index in [-0.39, 0.29) is 23.7 Å². The summed E-state index contributed by atoms with van der Waals surface area (Å²) in [5, 5.41) is 18.8. The highest BCUT2D eigenvalue weighted by atomic mass is 19.1. The summed E-state index contributed by atoms with van der Waals surface area (Å²) in [7, 11) is 3.56. The van der Waals surface area contributed by atoms with Crippen LogP contribution in [0.15, 0.2) is 48.5 Å². The highest BCUT2D eigenvalue weighted by molar-refractivity contribution is 5.74. The van der Waals surface area contributed by atoms with Gasteiger partial charge in [0.2, 0.25) is 0 Å². The van der Waals surface area contributed by atoms with E-state index in [1.165, 1.54) is 6.07 Å². The van der Waals surface area contributed by atoms with Crippen LogP contribution in [0.5, 0.6) is 11.5 Å². The lowest BCUT2D eigenvalue weighted by Gasteiger charge is -2.43. The molecule has 0 bridgehead atoms. The van der Waals surface area contributed by atoms with Crippen LogP contribution in [0.3, 0.4) is 0 Å². The Kier molecular flexibility index (Phi) is 12.0. The highest BCUT2D eigenvalue weighted by Crippen LogP contribution is 2.44. The van der Waals surface area contributed by atoms with Gasteiger partial charge in [-0.05, 0) is 69.7 Å². The minimum absolute atomic E-state index is 0.0331. The minimum Gasteiger partial charge on any atom is -0.454 e. The number of carbonyl (C=O) groups is 1. The van der Waals surface area contributed by atoms with Crippen LogP contribution in [0.1, 0.15) is 57.9 Å². The SMILES string of the molecule is CNC[C@H](CC(C)C)NC(=O)N1CCC[C@@H]([C@](O)(CCCCOC)c2ccccc2Oc2ccccc2F)C1. The number of amides is 2. The average Bonchev–Trinajstić information content (AvgIpc) is 2.92. The molecule has 8 heteroatoms. The van der Waals surface area contributed by atoms with E-state index in [0.29, 0.717) is 49.9 Å². The maximum Gasteiger partial charge on any atom is 0.317 e. The van der Waals surface area contributed by atoms with Crippen LogP contribution in [0.2, 0.25) is 0 Å². The normalized spacial score (nSPS) is 18.0. The molecule has 3 atom stereocenters. The Bertz CT molecular complexity index is 1040. The number of hydrogen-bond acceptors (Lipinski definition) is 5. The predicted octanol–water partition coefficient (Wildman–Crippen LogP) is 5.68. The van der Waals surface area contributed by atoms with E-state index < -0.39 is 11.4 Å². The fraction of sp³-hybridized carbons (Fsp3) is 0.581. The lowest BCUT2D eigenvalue weighted by atomic mass is 9.73. The molecule has 0 spiro atoms. The zero-order chi connectivity index (χ0) is 28.3. The average molecular weight is 544 g/mol. The van der Waals surface area contributed by atoms with Gasteiger partial charge in [-0.1, -0.05) is 44.2 Å². The molecule has 2 amide bonds. The smallest absolute Gasteiger partial charge is 0.317 e. The van der Waals surface area contributed by atoms with Gasteiger partial charge in [0, 0.05) is 50.9 Å². The largest absolute Gasteiger partial charge is 0.454 e. The first-order valence-corrected chi connectivity index (χ1v) is 14.2. The molecule has 1 heterocycles. The fourth-order valence-corrected chi connectivity index (χ4v) is 5.58. The van der Waals surface area contributed by atoms with Crippen LogP contribution in [0.25, 0.3) is 0 Å². The van der Waals surface area contributed by atoms with Crippen LogP contribution in [-0.2, 0) is 10.3 Å². The molecular weight excluding hydrogens is 497 g/mol. The summed E-state index contributed by atoms with van der Waals surface area (Å²) in [6, 6.07) is 13.5. The van der Waals surface area contributed by atoms with Gasteiger partial charge >= 0.3 is 6.03 Å². The van der Waals surface area contributed by atoms with Crippen molar-refractivity contribution >= 4 is 6.03 Å². The minimum atomic E-state index is -1.27. The summed E-state index contributed by atoms with van der Waals surface area (Å²) in [5.74, 6) is 0.314. The van der Waals surface area contributed by atoms with Gasteiger partial charge in [-0.25, -0.2) is 9.18 Å².